The number of phosphoric ester groups is 1. The monoisotopic (exact) mass is 578 g/mol. The van der Waals surface area contributed by atoms with Gasteiger partial charge in [-0.2, -0.15) is 0 Å². The van der Waals surface area contributed by atoms with Crippen molar-refractivity contribution in [2.45, 2.75) is 62.9 Å². The van der Waals surface area contributed by atoms with E-state index in [4.69, 9.17) is 18.5 Å². The van der Waals surface area contributed by atoms with Crippen molar-refractivity contribution in [3.8, 4) is 0 Å². The second-order valence-electron chi connectivity index (χ2n) is 9.11. The van der Waals surface area contributed by atoms with E-state index in [9.17, 15) is 49.1 Å². The van der Waals surface area contributed by atoms with Crippen LogP contribution in [0.2, 0.25) is 0 Å². The Morgan fingerprint density at radius 1 is 0.769 bits per heavy atom. The van der Waals surface area contributed by atoms with Crippen LogP contribution in [0.1, 0.15) is 23.6 Å². The number of hydrogen-bond donors (Lipinski definition) is 7. The third-order valence-electron chi connectivity index (χ3n) is 6.32. The minimum Gasteiger partial charge on any atom is -0.387 e. The molecule has 0 aromatic carbocycles. The average Bonchev–Trinajstić information content (AvgIpc) is 3.31. The van der Waals surface area contributed by atoms with Crippen LogP contribution in [-0.2, 0) is 23.1 Å². The van der Waals surface area contributed by atoms with Gasteiger partial charge in [-0.1, -0.05) is 0 Å². The van der Waals surface area contributed by atoms with Crippen molar-refractivity contribution < 1.29 is 48.4 Å². The molecule has 0 radical (unpaired) electrons. The molecule has 18 nitrogen and oxygen atoms in total. The first-order valence-electron chi connectivity index (χ1n) is 11.5. The summed E-state index contributed by atoms with van der Waals surface area (Å²) in [5.74, 6) is 0. The summed E-state index contributed by atoms with van der Waals surface area (Å²) in [4.78, 5) is 61.4. The van der Waals surface area contributed by atoms with E-state index in [0.29, 0.717) is 0 Å². The third kappa shape index (κ3) is 5.90. The van der Waals surface area contributed by atoms with Gasteiger partial charge in [0.15, 0.2) is 12.5 Å². The minimum atomic E-state index is -4.90. The molecule has 216 valence electrons. The highest BCUT2D eigenvalue weighted by molar-refractivity contribution is 7.47. The number of aromatic nitrogens is 4. The quantitative estimate of drug-likeness (QED) is 0.148. The maximum Gasteiger partial charge on any atom is 0.472 e. The van der Waals surface area contributed by atoms with Crippen molar-refractivity contribution in [3.63, 3.8) is 0 Å². The number of nitrogens with one attached hydrogen (secondary N) is 2. The van der Waals surface area contributed by atoms with Gasteiger partial charge in [-0.15, -0.1) is 0 Å². The molecule has 0 saturated carbocycles. The van der Waals surface area contributed by atoms with Gasteiger partial charge in [0.1, 0.15) is 36.6 Å². The van der Waals surface area contributed by atoms with Crippen LogP contribution in [0.4, 0.5) is 0 Å². The summed E-state index contributed by atoms with van der Waals surface area (Å²) in [5.41, 5.74) is -2.91. The molecule has 0 bridgehead atoms. The van der Waals surface area contributed by atoms with Crippen molar-refractivity contribution in [1.82, 2.24) is 19.1 Å². The Hall–Kier alpha value is -2.77. The molecule has 8 atom stereocenters. The molecule has 2 aromatic heterocycles. The zero-order valence-corrected chi connectivity index (χ0v) is 21.3. The molecule has 2 aliphatic rings. The molecule has 7 N–H and O–H groups in total. The number of ether oxygens (including phenoxy) is 2. The van der Waals surface area contributed by atoms with E-state index in [-0.39, 0.29) is 11.1 Å². The highest BCUT2D eigenvalue weighted by Gasteiger charge is 2.47. The van der Waals surface area contributed by atoms with Crippen molar-refractivity contribution >= 4 is 7.82 Å². The Balaban J connectivity index is 1.36. The predicted molar refractivity (Wildman–Crippen MR) is 126 cm³/mol. The molecule has 2 aromatic rings. The Morgan fingerprint density at radius 2 is 1.13 bits per heavy atom. The van der Waals surface area contributed by atoms with Gasteiger partial charge in [0, 0.05) is 23.5 Å². The lowest BCUT2D eigenvalue weighted by atomic mass is 10.1. The number of H-pyrrole nitrogens is 2. The fourth-order valence-electron chi connectivity index (χ4n) is 4.12. The largest absolute Gasteiger partial charge is 0.472 e. The molecule has 2 aliphatic heterocycles. The van der Waals surface area contributed by atoms with Crippen LogP contribution in [-0.4, -0.2) is 94.3 Å². The summed E-state index contributed by atoms with van der Waals surface area (Å²) in [7, 11) is -4.90. The number of phosphoric acid groups is 1. The summed E-state index contributed by atoms with van der Waals surface area (Å²) in [6, 6.07) is 0. The smallest absolute Gasteiger partial charge is 0.387 e. The average molecular weight is 578 g/mol. The Labute approximate surface area is 217 Å². The first-order valence-corrected chi connectivity index (χ1v) is 13.0. The number of hydrogen-bond acceptors (Lipinski definition) is 13. The first-order chi connectivity index (χ1) is 18.2. The van der Waals surface area contributed by atoms with Crippen molar-refractivity contribution in [3.05, 3.63) is 65.2 Å². The molecule has 39 heavy (non-hydrogen) atoms. The number of nitrogens with zero attached hydrogens (tertiary/aromatic N) is 2. The molecule has 0 unspecified atom stereocenters. The van der Waals surface area contributed by atoms with Crippen LogP contribution < -0.4 is 22.5 Å². The maximum atomic E-state index is 12.4. The van der Waals surface area contributed by atoms with Crippen molar-refractivity contribution in [2.24, 2.45) is 0 Å². The third-order valence-corrected chi connectivity index (χ3v) is 7.27. The van der Waals surface area contributed by atoms with Crippen LogP contribution in [0.15, 0.2) is 31.6 Å². The zero-order valence-electron chi connectivity index (χ0n) is 20.4. The van der Waals surface area contributed by atoms with Crippen LogP contribution >= 0.6 is 7.82 Å². The molecule has 2 saturated heterocycles. The summed E-state index contributed by atoms with van der Waals surface area (Å²) >= 11 is 0. The van der Waals surface area contributed by atoms with Gasteiger partial charge in [0.2, 0.25) is 0 Å². The number of aliphatic hydroxyl groups excluding tert-OH is 4. The number of aryl methyl sites for hydroxylation is 2. The van der Waals surface area contributed by atoms with Crippen LogP contribution in [0.3, 0.4) is 0 Å². The van der Waals surface area contributed by atoms with E-state index >= 15 is 0 Å². The van der Waals surface area contributed by atoms with Crippen LogP contribution in [0.5, 0.6) is 0 Å². The van der Waals surface area contributed by atoms with E-state index < -0.39 is 92.6 Å². The standard InChI is InChI=1S/C20H27N4O14P/c1-7-3-23(19(31)21-15(7)29)17-13(27)11(25)9(37-17)5-35-39(33,34)36-6-10-12(26)14(28)18(38-10)24-4-8(2)16(30)22-20(24)32/h3-4,9-14,17-18,25-28H,5-6H2,1-2H3,(H,33,34)(H,21,29,31)(H,22,30,32)/t9-,10-,11-,12-,13-,14-,17-,18-/m1/s1. The highest BCUT2D eigenvalue weighted by atomic mass is 31.2. The van der Waals surface area contributed by atoms with Gasteiger partial charge in [0.25, 0.3) is 11.1 Å². The summed E-state index contributed by atoms with van der Waals surface area (Å²) < 4.78 is 34.6. The van der Waals surface area contributed by atoms with Gasteiger partial charge in [-0.05, 0) is 13.8 Å². The van der Waals surface area contributed by atoms with Crippen LogP contribution in [0.25, 0.3) is 0 Å². The lowest BCUT2D eigenvalue weighted by molar-refractivity contribution is -0.0641. The second-order valence-corrected chi connectivity index (χ2v) is 10.6. The minimum absolute atomic E-state index is 0.122. The summed E-state index contributed by atoms with van der Waals surface area (Å²) in [5, 5.41) is 41.2. The fourth-order valence-corrected chi connectivity index (χ4v) is 4.86. The molecule has 0 aliphatic carbocycles. The Bertz CT molecular complexity index is 1390. The van der Waals surface area contributed by atoms with Gasteiger partial charge in [0.05, 0.1) is 13.2 Å². The van der Waals surface area contributed by atoms with Crippen LogP contribution in [0, 0.1) is 13.8 Å². The van der Waals surface area contributed by atoms with Crippen molar-refractivity contribution in [1.29, 1.82) is 0 Å². The first kappa shape index (κ1) is 29.2. The topological polar surface area (TPSA) is 265 Å². The van der Waals surface area contributed by atoms with E-state index in [1.165, 1.54) is 13.8 Å². The zero-order chi connectivity index (χ0) is 28.8. The number of aliphatic hydroxyl groups is 4. The van der Waals surface area contributed by atoms with E-state index in [1.807, 2.05) is 9.97 Å². The van der Waals surface area contributed by atoms with E-state index in [0.717, 1.165) is 21.5 Å². The predicted octanol–water partition coefficient (Wildman–Crippen LogP) is -3.92. The molecular weight excluding hydrogens is 551 g/mol. The second kappa shape index (κ2) is 11.0. The Kier molecular flexibility index (Phi) is 8.25. The number of rotatable bonds is 8. The molecule has 4 rings (SSSR count). The van der Waals surface area contributed by atoms with Crippen molar-refractivity contribution in [2.75, 3.05) is 13.2 Å². The maximum absolute atomic E-state index is 12.4. The molecule has 4 heterocycles. The molecular formula is C20H27N4O14P. The van der Waals surface area contributed by atoms with E-state index in [2.05, 4.69) is 0 Å². The van der Waals surface area contributed by atoms with Gasteiger partial charge >= 0.3 is 19.2 Å². The molecule has 19 heteroatoms. The Morgan fingerprint density at radius 3 is 1.49 bits per heavy atom. The SMILES string of the molecule is Cc1cn([C@@H]2O[C@H](COP(=O)(O)OC[C@H]3O[C@@H](n4cc(C)c(=O)[nH]c4=O)[C@H](O)[C@@H]3O)[C@@H](O)[C@H]2O)c(=O)[nH]c1=O. The highest BCUT2D eigenvalue weighted by Crippen LogP contribution is 2.45. The number of aromatic amines is 2. The van der Waals surface area contributed by atoms with Gasteiger partial charge in [-0.3, -0.25) is 37.7 Å². The normalized spacial score (nSPS) is 32.4. The summed E-state index contributed by atoms with van der Waals surface area (Å²) in [6.07, 6.45) is -10.1. The fraction of sp³-hybridized carbons (Fsp3) is 0.600. The van der Waals surface area contributed by atoms with Gasteiger partial charge in [-0.25, -0.2) is 14.2 Å². The molecule has 2 fully saturated rings. The van der Waals surface area contributed by atoms with E-state index in [1.54, 1.807) is 0 Å². The van der Waals surface area contributed by atoms with Gasteiger partial charge < -0.3 is 34.8 Å². The lowest BCUT2D eigenvalue weighted by Crippen LogP contribution is -2.38. The molecule has 0 spiro atoms. The summed E-state index contributed by atoms with van der Waals surface area (Å²) in [6.45, 7) is 1.23. The lowest BCUT2D eigenvalue weighted by Gasteiger charge is -2.20. The molecule has 0 amide bonds.